The molecule has 0 saturated heterocycles. The molecule has 4 rings (SSSR count). The normalized spacial score (nSPS) is 18.7. The van der Waals surface area contributed by atoms with Crippen LogP contribution in [0.4, 0.5) is 11.5 Å². The summed E-state index contributed by atoms with van der Waals surface area (Å²) < 4.78 is 0. The molecule has 0 unspecified atom stereocenters. The molecule has 23 heavy (non-hydrogen) atoms. The van der Waals surface area contributed by atoms with Crippen molar-refractivity contribution in [1.82, 2.24) is 10.3 Å². The molecule has 1 aromatic carbocycles. The average molecular weight is 306 g/mol. The predicted molar refractivity (Wildman–Crippen MR) is 94.1 cm³/mol. The molecule has 2 aromatic rings. The molecule has 1 aliphatic carbocycles. The van der Waals surface area contributed by atoms with Crippen LogP contribution in [0.3, 0.4) is 0 Å². The molecular formula is C19H22N4. The molecular weight excluding hydrogens is 284 g/mol. The molecule has 0 atom stereocenters. The van der Waals surface area contributed by atoms with E-state index in [-0.39, 0.29) is 5.54 Å². The lowest BCUT2D eigenvalue weighted by Gasteiger charge is -2.42. The summed E-state index contributed by atoms with van der Waals surface area (Å²) in [5, 5.41) is 7.29. The molecule has 1 spiro atoms. The van der Waals surface area contributed by atoms with Gasteiger partial charge in [-0.05, 0) is 30.5 Å². The molecule has 1 fully saturated rings. The van der Waals surface area contributed by atoms with Gasteiger partial charge in [0.05, 0.1) is 5.54 Å². The quantitative estimate of drug-likeness (QED) is 0.880. The third-order valence-electron chi connectivity index (χ3n) is 4.84. The van der Waals surface area contributed by atoms with Crippen LogP contribution in [0.5, 0.6) is 0 Å². The van der Waals surface area contributed by atoms with Gasteiger partial charge in [-0.25, -0.2) is 9.98 Å². The monoisotopic (exact) mass is 306 g/mol. The maximum Gasteiger partial charge on any atom is 0.152 e. The third-order valence-corrected chi connectivity index (χ3v) is 4.84. The molecule has 0 amide bonds. The van der Waals surface area contributed by atoms with Crippen molar-refractivity contribution in [3.05, 3.63) is 54.2 Å². The Morgan fingerprint density at radius 3 is 2.65 bits per heavy atom. The highest BCUT2D eigenvalue weighted by atomic mass is 15.2. The minimum Gasteiger partial charge on any atom is -0.367 e. The molecule has 1 saturated carbocycles. The summed E-state index contributed by atoms with van der Waals surface area (Å²) in [6.45, 7) is 0.804. The SMILES string of the molecule is c1ccc(CNC2=Nc3cccnc3NC23CCCCC3)cc1. The van der Waals surface area contributed by atoms with E-state index in [0.29, 0.717) is 0 Å². The molecule has 1 aromatic heterocycles. The Labute approximate surface area is 137 Å². The molecule has 1 aliphatic heterocycles. The smallest absolute Gasteiger partial charge is 0.152 e. The fraction of sp³-hybridized carbons (Fsp3) is 0.368. The van der Waals surface area contributed by atoms with Crippen LogP contribution in [0.1, 0.15) is 37.7 Å². The summed E-state index contributed by atoms with van der Waals surface area (Å²) in [5.41, 5.74) is 2.13. The number of fused-ring (bicyclic) bond motifs is 1. The number of anilines is 1. The van der Waals surface area contributed by atoms with Crippen LogP contribution in [0, 0.1) is 0 Å². The number of pyridine rings is 1. The first-order chi connectivity index (χ1) is 11.4. The van der Waals surface area contributed by atoms with Crippen LogP contribution < -0.4 is 10.6 Å². The second-order valence-electron chi connectivity index (χ2n) is 6.44. The van der Waals surface area contributed by atoms with Crippen molar-refractivity contribution in [2.45, 2.75) is 44.2 Å². The number of nitrogens with one attached hydrogen (secondary N) is 2. The van der Waals surface area contributed by atoms with Gasteiger partial charge in [0.1, 0.15) is 11.5 Å². The van der Waals surface area contributed by atoms with Gasteiger partial charge in [0.25, 0.3) is 0 Å². The average Bonchev–Trinajstić information content (AvgIpc) is 2.61. The van der Waals surface area contributed by atoms with Gasteiger partial charge in [0.15, 0.2) is 5.82 Å². The van der Waals surface area contributed by atoms with Crippen molar-refractivity contribution >= 4 is 17.3 Å². The van der Waals surface area contributed by atoms with Gasteiger partial charge in [-0.3, -0.25) is 0 Å². The molecule has 0 bridgehead atoms. The summed E-state index contributed by atoms with van der Waals surface area (Å²) >= 11 is 0. The van der Waals surface area contributed by atoms with Crippen molar-refractivity contribution < 1.29 is 0 Å². The van der Waals surface area contributed by atoms with Crippen LogP contribution in [-0.2, 0) is 6.54 Å². The van der Waals surface area contributed by atoms with Crippen molar-refractivity contribution in [2.75, 3.05) is 5.32 Å². The number of aromatic nitrogens is 1. The standard InChI is InChI=1S/C19H22N4/c1-3-8-15(9-4-1)14-21-18-19(11-5-2-6-12-19)23-17-16(22-18)10-7-13-20-17/h1,3-4,7-10,13H,2,5-6,11-12,14H2,(H,20,23)(H,21,22). The Bertz CT molecular complexity index is 702. The number of amidine groups is 1. The van der Waals surface area contributed by atoms with E-state index in [9.17, 15) is 0 Å². The lowest BCUT2D eigenvalue weighted by atomic mass is 9.79. The number of hydrogen-bond acceptors (Lipinski definition) is 4. The fourth-order valence-corrected chi connectivity index (χ4v) is 3.60. The summed E-state index contributed by atoms with van der Waals surface area (Å²) in [6.07, 6.45) is 7.85. The zero-order valence-corrected chi connectivity index (χ0v) is 13.3. The van der Waals surface area contributed by atoms with Gasteiger partial charge in [0.2, 0.25) is 0 Å². The Hall–Kier alpha value is -2.36. The van der Waals surface area contributed by atoms with Crippen LogP contribution in [0.15, 0.2) is 53.7 Å². The summed E-state index contributed by atoms with van der Waals surface area (Å²) in [7, 11) is 0. The Balaban J connectivity index is 1.63. The van der Waals surface area contributed by atoms with Gasteiger partial charge in [-0.2, -0.15) is 0 Å². The lowest BCUT2D eigenvalue weighted by molar-refractivity contribution is 0.395. The Morgan fingerprint density at radius 1 is 1.00 bits per heavy atom. The maximum atomic E-state index is 4.92. The molecule has 4 nitrogen and oxygen atoms in total. The van der Waals surface area contributed by atoms with Crippen molar-refractivity contribution in [3.8, 4) is 0 Å². The second-order valence-corrected chi connectivity index (χ2v) is 6.44. The Morgan fingerprint density at radius 2 is 1.83 bits per heavy atom. The van der Waals surface area contributed by atoms with E-state index >= 15 is 0 Å². The third kappa shape index (κ3) is 2.81. The van der Waals surface area contributed by atoms with Gasteiger partial charge in [-0.1, -0.05) is 49.6 Å². The first kappa shape index (κ1) is 14.2. The zero-order valence-electron chi connectivity index (χ0n) is 13.3. The second kappa shape index (κ2) is 6.03. The minimum absolute atomic E-state index is 0.0750. The highest BCUT2D eigenvalue weighted by Crippen LogP contribution is 2.39. The van der Waals surface area contributed by atoms with Gasteiger partial charge >= 0.3 is 0 Å². The van der Waals surface area contributed by atoms with E-state index in [1.54, 1.807) is 0 Å². The first-order valence-electron chi connectivity index (χ1n) is 8.46. The number of nitrogens with zero attached hydrogens (tertiary/aromatic N) is 2. The van der Waals surface area contributed by atoms with Gasteiger partial charge in [-0.15, -0.1) is 0 Å². The van der Waals surface area contributed by atoms with Crippen LogP contribution in [0.25, 0.3) is 0 Å². The lowest BCUT2D eigenvalue weighted by Crippen LogP contribution is -2.55. The van der Waals surface area contributed by atoms with Crippen molar-refractivity contribution in [1.29, 1.82) is 0 Å². The highest BCUT2D eigenvalue weighted by Gasteiger charge is 2.40. The fourth-order valence-electron chi connectivity index (χ4n) is 3.60. The maximum absolute atomic E-state index is 4.92. The van der Waals surface area contributed by atoms with Crippen LogP contribution >= 0.6 is 0 Å². The topological polar surface area (TPSA) is 49.3 Å². The summed E-state index contributed by atoms with van der Waals surface area (Å²) in [5.74, 6) is 1.99. The van der Waals surface area contributed by atoms with Crippen LogP contribution in [0.2, 0.25) is 0 Å². The molecule has 118 valence electrons. The number of aliphatic imine (C=N–C) groups is 1. The van der Waals surface area contributed by atoms with E-state index < -0.39 is 0 Å². The molecule has 2 aliphatic rings. The van der Waals surface area contributed by atoms with E-state index in [0.717, 1.165) is 36.7 Å². The molecule has 0 radical (unpaired) electrons. The predicted octanol–water partition coefficient (Wildman–Crippen LogP) is 4.03. The number of hydrogen-bond donors (Lipinski definition) is 2. The van der Waals surface area contributed by atoms with Gasteiger partial charge < -0.3 is 10.6 Å². The van der Waals surface area contributed by atoms with Gasteiger partial charge in [0, 0.05) is 12.7 Å². The van der Waals surface area contributed by atoms with E-state index in [1.807, 2.05) is 24.4 Å². The molecule has 4 heteroatoms. The Kier molecular flexibility index (Phi) is 3.74. The van der Waals surface area contributed by atoms with E-state index in [2.05, 4.69) is 39.9 Å². The summed E-state index contributed by atoms with van der Waals surface area (Å²) in [6, 6.07) is 14.5. The number of rotatable bonds is 2. The first-order valence-corrected chi connectivity index (χ1v) is 8.46. The minimum atomic E-state index is -0.0750. The number of benzene rings is 1. The highest BCUT2D eigenvalue weighted by molar-refractivity contribution is 5.99. The largest absolute Gasteiger partial charge is 0.367 e. The zero-order chi connectivity index (χ0) is 15.5. The van der Waals surface area contributed by atoms with Crippen molar-refractivity contribution in [3.63, 3.8) is 0 Å². The summed E-state index contributed by atoms with van der Waals surface area (Å²) in [4.78, 5) is 9.39. The van der Waals surface area contributed by atoms with E-state index in [4.69, 9.17) is 4.99 Å². The molecule has 2 heterocycles. The molecule has 2 N–H and O–H groups in total. The van der Waals surface area contributed by atoms with E-state index in [1.165, 1.54) is 24.8 Å². The van der Waals surface area contributed by atoms with Crippen LogP contribution in [-0.4, -0.2) is 16.4 Å². The van der Waals surface area contributed by atoms with Crippen molar-refractivity contribution in [2.24, 2.45) is 4.99 Å².